The molecule has 2 rings (SSSR count). The van der Waals surface area contributed by atoms with Gasteiger partial charge in [0.2, 0.25) is 0 Å². The summed E-state index contributed by atoms with van der Waals surface area (Å²) in [6.45, 7) is 0. The fourth-order valence-electron chi connectivity index (χ4n) is 2.38. The number of aliphatic hydroxyl groups is 1. The minimum Gasteiger partial charge on any atom is -0.381 e. The molecule has 0 spiro atoms. The third-order valence-corrected chi connectivity index (χ3v) is 3.29. The highest BCUT2D eigenvalue weighted by Crippen LogP contribution is 2.35. The van der Waals surface area contributed by atoms with Gasteiger partial charge in [-0.05, 0) is 43.1 Å². The average Bonchev–Trinajstić information content (AvgIpc) is 2.24. The second-order valence-electron chi connectivity index (χ2n) is 4.29. The Morgan fingerprint density at radius 2 is 1.71 bits per heavy atom. The maximum Gasteiger partial charge on any atom is 0.178 e. The van der Waals surface area contributed by atoms with E-state index in [1.807, 2.05) is 0 Å². The Morgan fingerprint density at radius 3 is 2.29 bits per heavy atom. The van der Waals surface area contributed by atoms with Gasteiger partial charge in [0.25, 0.3) is 0 Å². The third kappa shape index (κ3) is 1.80. The Balaban J connectivity index is 2.11. The fourth-order valence-corrected chi connectivity index (χ4v) is 2.38. The summed E-state index contributed by atoms with van der Waals surface area (Å²) < 4.78 is 0. The van der Waals surface area contributed by atoms with E-state index in [2.05, 4.69) is 0 Å². The predicted molar refractivity (Wildman–Crippen MR) is 54.8 cm³/mol. The van der Waals surface area contributed by atoms with Gasteiger partial charge in [0.15, 0.2) is 5.78 Å². The van der Waals surface area contributed by atoms with E-state index in [-0.39, 0.29) is 5.78 Å². The molecule has 1 saturated carbocycles. The topological polar surface area (TPSA) is 37.3 Å². The molecule has 0 unspecified atom stereocenters. The van der Waals surface area contributed by atoms with Crippen molar-refractivity contribution in [3.63, 3.8) is 0 Å². The van der Waals surface area contributed by atoms with Crippen molar-refractivity contribution in [1.82, 2.24) is 0 Å². The van der Waals surface area contributed by atoms with Crippen molar-refractivity contribution in [1.29, 1.82) is 0 Å². The van der Waals surface area contributed by atoms with Crippen LogP contribution in [-0.2, 0) is 4.79 Å². The molecule has 0 atom stereocenters. The van der Waals surface area contributed by atoms with E-state index in [0.717, 1.165) is 12.8 Å². The highest BCUT2D eigenvalue weighted by atomic mass is 16.3. The quantitative estimate of drug-likeness (QED) is 0.690. The molecule has 1 fully saturated rings. The van der Waals surface area contributed by atoms with Gasteiger partial charge in [-0.1, -0.05) is 19.3 Å². The first kappa shape index (κ1) is 9.66. The van der Waals surface area contributed by atoms with E-state index in [9.17, 15) is 9.90 Å². The van der Waals surface area contributed by atoms with E-state index >= 15 is 0 Å². The maximum atomic E-state index is 10.9. The van der Waals surface area contributed by atoms with Crippen LogP contribution in [0.5, 0.6) is 0 Å². The fraction of sp³-hybridized carbons (Fsp3) is 0.583. The number of rotatable bonds is 1. The van der Waals surface area contributed by atoms with E-state index in [4.69, 9.17) is 0 Å². The summed E-state index contributed by atoms with van der Waals surface area (Å²) in [5.41, 5.74) is -0.853. The Hall–Kier alpha value is -0.890. The lowest BCUT2D eigenvalue weighted by molar-refractivity contribution is -0.110. The molecule has 0 aliphatic heterocycles. The van der Waals surface area contributed by atoms with Gasteiger partial charge in [-0.2, -0.15) is 0 Å². The Labute approximate surface area is 84.3 Å². The molecule has 2 heteroatoms. The van der Waals surface area contributed by atoms with Crippen LogP contribution in [0.1, 0.15) is 32.1 Å². The first-order valence-electron chi connectivity index (χ1n) is 5.35. The number of hydrogen-bond acceptors (Lipinski definition) is 2. The standard InChI is InChI=1S/C12H16O2/c13-11-6-8-12(14,9-7-11)10-4-2-1-3-5-10/h6-10,14H,1-5H2. The van der Waals surface area contributed by atoms with Gasteiger partial charge >= 0.3 is 0 Å². The summed E-state index contributed by atoms with van der Waals surface area (Å²) >= 11 is 0. The second kappa shape index (κ2) is 3.70. The third-order valence-electron chi connectivity index (χ3n) is 3.29. The van der Waals surface area contributed by atoms with Crippen LogP contribution in [0.25, 0.3) is 0 Å². The molecule has 0 bridgehead atoms. The van der Waals surface area contributed by atoms with E-state index in [0.29, 0.717) is 5.92 Å². The molecule has 14 heavy (non-hydrogen) atoms. The zero-order chi connectivity index (χ0) is 10.0. The number of carbonyl (C=O) groups excluding carboxylic acids is 1. The first-order valence-corrected chi connectivity index (χ1v) is 5.35. The monoisotopic (exact) mass is 192 g/mol. The van der Waals surface area contributed by atoms with E-state index in [1.165, 1.54) is 31.4 Å². The van der Waals surface area contributed by atoms with Gasteiger partial charge in [0.05, 0.1) is 0 Å². The molecular formula is C12H16O2. The minimum atomic E-state index is -0.853. The lowest BCUT2D eigenvalue weighted by atomic mass is 9.75. The molecule has 0 amide bonds. The highest BCUT2D eigenvalue weighted by molar-refractivity contribution is 6.00. The van der Waals surface area contributed by atoms with Crippen LogP contribution < -0.4 is 0 Å². The Kier molecular flexibility index (Phi) is 2.55. The van der Waals surface area contributed by atoms with Crippen molar-refractivity contribution in [3.8, 4) is 0 Å². The van der Waals surface area contributed by atoms with Crippen molar-refractivity contribution >= 4 is 5.78 Å². The highest BCUT2D eigenvalue weighted by Gasteiger charge is 2.34. The Bertz CT molecular complexity index is 267. The summed E-state index contributed by atoms with van der Waals surface area (Å²) in [5, 5.41) is 10.3. The van der Waals surface area contributed by atoms with Crippen LogP contribution in [0.3, 0.4) is 0 Å². The van der Waals surface area contributed by atoms with Crippen molar-refractivity contribution < 1.29 is 9.90 Å². The summed E-state index contributed by atoms with van der Waals surface area (Å²) in [6.07, 6.45) is 12.1. The van der Waals surface area contributed by atoms with Crippen LogP contribution in [-0.4, -0.2) is 16.5 Å². The number of ketones is 1. The van der Waals surface area contributed by atoms with Crippen LogP contribution in [0.15, 0.2) is 24.3 Å². The number of carbonyl (C=O) groups is 1. The van der Waals surface area contributed by atoms with Crippen LogP contribution in [0.2, 0.25) is 0 Å². The van der Waals surface area contributed by atoms with Gasteiger partial charge in [0.1, 0.15) is 5.60 Å². The Morgan fingerprint density at radius 1 is 1.14 bits per heavy atom. The molecule has 0 radical (unpaired) electrons. The number of hydrogen-bond donors (Lipinski definition) is 1. The van der Waals surface area contributed by atoms with Crippen molar-refractivity contribution in [2.75, 3.05) is 0 Å². The molecule has 2 aliphatic carbocycles. The van der Waals surface area contributed by atoms with Gasteiger partial charge in [-0.15, -0.1) is 0 Å². The normalized spacial score (nSPS) is 26.8. The first-order chi connectivity index (χ1) is 6.71. The van der Waals surface area contributed by atoms with E-state index in [1.54, 1.807) is 12.2 Å². The zero-order valence-corrected chi connectivity index (χ0v) is 8.28. The molecule has 76 valence electrons. The summed E-state index contributed by atoms with van der Waals surface area (Å²) in [7, 11) is 0. The molecule has 2 aliphatic rings. The molecule has 0 saturated heterocycles. The predicted octanol–water partition coefficient (Wildman–Crippen LogP) is 1.99. The van der Waals surface area contributed by atoms with Crippen LogP contribution in [0, 0.1) is 5.92 Å². The molecule has 0 aromatic heterocycles. The second-order valence-corrected chi connectivity index (χ2v) is 4.29. The van der Waals surface area contributed by atoms with Gasteiger partial charge < -0.3 is 5.11 Å². The molecule has 0 heterocycles. The van der Waals surface area contributed by atoms with Crippen molar-refractivity contribution in [2.45, 2.75) is 37.7 Å². The zero-order valence-electron chi connectivity index (χ0n) is 8.28. The number of allylic oxidation sites excluding steroid dienone is 2. The lowest BCUT2D eigenvalue weighted by Gasteiger charge is -2.34. The largest absolute Gasteiger partial charge is 0.381 e. The molecule has 2 nitrogen and oxygen atoms in total. The summed E-state index contributed by atoms with van der Waals surface area (Å²) in [4.78, 5) is 10.9. The SMILES string of the molecule is O=C1C=CC(O)(C2CCCCC2)C=C1. The smallest absolute Gasteiger partial charge is 0.178 e. The van der Waals surface area contributed by atoms with Gasteiger partial charge in [-0.25, -0.2) is 0 Å². The van der Waals surface area contributed by atoms with Crippen molar-refractivity contribution in [3.05, 3.63) is 24.3 Å². The lowest BCUT2D eigenvalue weighted by Crippen LogP contribution is -2.36. The van der Waals surface area contributed by atoms with E-state index < -0.39 is 5.60 Å². The summed E-state index contributed by atoms with van der Waals surface area (Å²) in [6, 6.07) is 0. The van der Waals surface area contributed by atoms with Gasteiger partial charge in [-0.3, -0.25) is 4.79 Å². The molecule has 1 N–H and O–H groups in total. The van der Waals surface area contributed by atoms with Crippen molar-refractivity contribution in [2.24, 2.45) is 5.92 Å². The minimum absolute atomic E-state index is 0.0227. The molecule has 0 aromatic carbocycles. The maximum absolute atomic E-state index is 10.9. The van der Waals surface area contributed by atoms with Crippen LogP contribution >= 0.6 is 0 Å². The van der Waals surface area contributed by atoms with Gasteiger partial charge in [0, 0.05) is 0 Å². The molecule has 0 aromatic rings. The van der Waals surface area contributed by atoms with Crippen LogP contribution in [0.4, 0.5) is 0 Å². The summed E-state index contributed by atoms with van der Waals surface area (Å²) in [5.74, 6) is 0.280. The molecular weight excluding hydrogens is 176 g/mol. The average molecular weight is 192 g/mol.